The van der Waals surface area contributed by atoms with Crippen molar-refractivity contribution < 1.29 is 22.7 Å². The summed E-state index contributed by atoms with van der Waals surface area (Å²) < 4.78 is 59.9. The number of nitrogen functional groups attached to an aromatic ring is 1. The van der Waals surface area contributed by atoms with Crippen LogP contribution in [-0.4, -0.2) is 34.6 Å². The quantitative estimate of drug-likeness (QED) is 0.425. The summed E-state index contributed by atoms with van der Waals surface area (Å²) in [6.45, 7) is 0.0477. The molecule has 3 rings (SSSR count). The number of nitrogens with two attached hydrogens (primary N) is 1. The van der Waals surface area contributed by atoms with Crippen LogP contribution in [0.15, 0.2) is 0 Å². The Morgan fingerprint density at radius 2 is 1.68 bits per heavy atom. The number of nitriles is 2. The molecule has 0 bridgehead atoms. The monoisotopic (exact) mass is 434 g/mol. The topological polar surface area (TPSA) is 115 Å². The molecule has 0 saturated carbocycles. The van der Waals surface area contributed by atoms with Crippen molar-refractivity contribution in [2.24, 2.45) is 0 Å². The van der Waals surface area contributed by atoms with Gasteiger partial charge < -0.3 is 15.7 Å². The second kappa shape index (κ2) is 9.06. The number of benzene rings is 1. The Morgan fingerprint density at radius 3 is 2.19 bits per heavy atom. The maximum absolute atomic E-state index is 14.7. The third kappa shape index (κ3) is 3.92. The summed E-state index contributed by atoms with van der Waals surface area (Å²) in [5.74, 6) is -6.61. The summed E-state index contributed by atoms with van der Waals surface area (Å²) in [6.07, 6.45) is 2.71. The Kier molecular flexibility index (Phi) is 6.47. The van der Waals surface area contributed by atoms with Gasteiger partial charge in [-0.3, -0.25) is 0 Å². The first-order valence-electron chi connectivity index (χ1n) is 9.45. The van der Waals surface area contributed by atoms with Crippen LogP contribution in [0.2, 0.25) is 0 Å². The number of halogens is 4. The SMILES string of the molecule is N#C/C(=C\c1c(F)c(F)c(N2CCCCC2)c(F)c1F)c1nn(CCO)c(N)c1C#N. The van der Waals surface area contributed by atoms with Crippen LogP contribution in [0.1, 0.15) is 36.1 Å². The molecule has 11 heteroatoms. The maximum atomic E-state index is 14.7. The van der Waals surface area contributed by atoms with Crippen molar-refractivity contribution in [3.05, 3.63) is 40.1 Å². The van der Waals surface area contributed by atoms with Crippen LogP contribution >= 0.6 is 0 Å². The van der Waals surface area contributed by atoms with E-state index in [4.69, 9.17) is 10.8 Å². The van der Waals surface area contributed by atoms with Crippen LogP contribution in [0, 0.1) is 45.9 Å². The summed E-state index contributed by atoms with van der Waals surface area (Å²) in [5, 5.41) is 31.7. The number of aliphatic hydroxyl groups excluding tert-OH is 1. The molecule has 1 aromatic heterocycles. The smallest absolute Gasteiger partial charge is 0.185 e. The average molecular weight is 434 g/mol. The normalized spacial score (nSPS) is 14.4. The lowest BCUT2D eigenvalue weighted by Gasteiger charge is -2.29. The van der Waals surface area contributed by atoms with Crippen LogP contribution in [0.25, 0.3) is 11.6 Å². The van der Waals surface area contributed by atoms with E-state index in [2.05, 4.69) is 5.10 Å². The van der Waals surface area contributed by atoms with E-state index in [-0.39, 0.29) is 43.3 Å². The van der Waals surface area contributed by atoms with Gasteiger partial charge in [-0.2, -0.15) is 15.6 Å². The minimum atomic E-state index is -1.66. The van der Waals surface area contributed by atoms with E-state index in [1.165, 1.54) is 4.90 Å². The second-order valence-electron chi connectivity index (χ2n) is 6.90. The Balaban J connectivity index is 2.16. The van der Waals surface area contributed by atoms with Crippen LogP contribution in [0.3, 0.4) is 0 Å². The molecule has 0 spiro atoms. The van der Waals surface area contributed by atoms with Gasteiger partial charge in [-0.1, -0.05) is 0 Å². The number of piperidine rings is 1. The minimum Gasteiger partial charge on any atom is -0.394 e. The molecule has 0 unspecified atom stereocenters. The van der Waals surface area contributed by atoms with E-state index in [1.807, 2.05) is 0 Å². The molecular weight excluding hydrogens is 416 g/mol. The first-order valence-corrected chi connectivity index (χ1v) is 9.45. The molecule has 1 fully saturated rings. The summed E-state index contributed by atoms with van der Waals surface area (Å²) in [5.41, 5.74) is 2.75. The molecule has 1 aliphatic rings. The zero-order chi connectivity index (χ0) is 22.7. The largest absolute Gasteiger partial charge is 0.394 e. The fourth-order valence-corrected chi connectivity index (χ4v) is 3.50. The van der Waals surface area contributed by atoms with E-state index < -0.39 is 40.1 Å². The lowest BCUT2D eigenvalue weighted by atomic mass is 10.0. The first-order chi connectivity index (χ1) is 14.8. The number of hydrogen-bond acceptors (Lipinski definition) is 6. The molecule has 162 valence electrons. The van der Waals surface area contributed by atoms with Gasteiger partial charge in [0.1, 0.15) is 34.9 Å². The van der Waals surface area contributed by atoms with Crippen molar-refractivity contribution in [3.8, 4) is 12.1 Å². The van der Waals surface area contributed by atoms with E-state index in [0.717, 1.165) is 11.1 Å². The lowest BCUT2D eigenvalue weighted by Crippen LogP contribution is -2.31. The van der Waals surface area contributed by atoms with Gasteiger partial charge in [0.15, 0.2) is 23.3 Å². The van der Waals surface area contributed by atoms with Gasteiger partial charge in [-0.25, -0.2) is 22.2 Å². The van der Waals surface area contributed by atoms with E-state index >= 15 is 0 Å². The van der Waals surface area contributed by atoms with Crippen molar-refractivity contribution in [2.75, 3.05) is 30.3 Å². The van der Waals surface area contributed by atoms with Gasteiger partial charge in [0, 0.05) is 13.1 Å². The summed E-state index contributed by atoms with van der Waals surface area (Å²) in [4.78, 5) is 1.25. The number of anilines is 2. The number of aromatic nitrogens is 2. The highest BCUT2D eigenvalue weighted by Crippen LogP contribution is 2.34. The van der Waals surface area contributed by atoms with Crippen LogP contribution in [0.4, 0.5) is 29.1 Å². The molecular formula is C20H18F4N6O. The minimum absolute atomic E-state index is 0.101. The Bertz CT molecular complexity index is 1090. The van der Waals surface area contributed by atoms with Gasteiger partial charge in [-0.05, 0) is 25.3 Å². The Labute approximate surface area is 175 Å². The predicted molar refractivity (Wildman–Crippen MR) is 104 cm³/mol. The molecule has 1 aliphatic heterocycles. The van der Waals surface area contributed by atoms with Crippen molar-refractivity contribution in [2.45, 2.75) is 25.8 Å². The van der Waals surface area contributed by atoms with Gasteiger partial charge in [-0.15, -0.1) is 0 Å². The van der Waals surface area contributed by atoms with Crippen LogP contribution < -0.4 is 10.6 Å². The molecule has 1 aromatic carbocycles. The zero-order valence-electron chi connectivity index (χ0n) is 16.3. The zero-order valence-corrected chi connectivity index (χ0v) is 16.3. The fourth-order valence-electron chi connectivity index (χ4n) is 3.50. The molecule has 3 N–H and O–H groups in total. The Morgan fingerprint density at radius 1 is 1.06 bits per heavy atom. The number of aliphatic hydroxyl groups is 1. The first kappa shape index (κ1) is 22.1. The highest BCUT2D eigenvalue weighted by Gasteiger charge is 2.29. The van der Waals surface area contributed by atoms with Crippen molar-refractivity contribution in [1.82, 2.24) is 9.78 Å². The molecule has 0 aliphatic carbocycles. The molecule has 1 saturated heterocycles. The highest BCUT2D eigenvalue weighted by molar-refractivity contribution is 5.91. The Hall–Kier alpha value is -3.57. The second-order valence-corrected chi connectivity index (χ2v) is 6.90. The van der Waals surface area contributed by atoms with E-state index in [9.17, 15) is 28.1 Å². The van der Waals surface area contributed by atoms with Crippen molar-refractivity contribution in [3.63, 3.8) is 0 Å². The van der Waals surface area contributed by atoms with Gasteiger partial charge in [0.05, 0.1) is 24.3 Å². The van der Waals surface area contributed by atoms with Crippen LogP contribution in [-0.2, 0) is 6.54 Å². The molecule has 2 aromatic rings. The molecule has 2 heterocycles. The standard InChI is InChI=1S/C20H18F4N6O/c21-14-12(15(22)17(24)19(16(14)23)29-4-2-1-3-5-29)8-11(9-25)18-13(10-26)20(27)30(28-18)6-7-31/h8,31H,1-7,27H2/b11-8+. The number of nitrogens with zero attached hydrogens (tertiary/aromatic N) is 5. The van der Waals surface area contributed by atoms with Crippen molar-refractivity contribution >= 4 is 23.2 Å². The predicted octanol–water partition coefficient (Wildman–Crippen LogP) is 2.94. The third-order valence-corrected chi connectivity index (χ3v) is 5.03. The molecule has 31 heavy (non-hydrogen) atoms. The molecule has 0 amide bonds. The number of allylic oxidation sites excluding steroid dienone is 1. The summed E-state index contributed by atoms with van der Waals surface area (Å²) >= 11 is 0. The fraction of sp³-hybridized carbons (Fsp3) is 0.350. The van der Waals surface area contributed by atoms with Gasteiger partial charge in [0.25, 0.3) is 0 Å². The summed E-state index contributed by atoms with van der Waals surface area (Å²) in [7, 11) is 0. The van der Waals surface area contributed by atoms with Gasteiger partial charge in [0.2, 0.25) is 0 Å². The van der Waals surface area contributed by atoms with Gasteiger partial charge >= 0.3 is 0 Å². The molecule has 7 nitrogen and oxygen atoms in total. The van der Waals surface area contributed by atoms with E-state index in [0.29, 0.717) is 18.9 Å². The van der Waals surface area contributed by atoms with Crippen LogP contribution in [0.5, 0.6) is 0 Å². The number of rotatable bonds is 5. The maximum Gasteiger partial charge on any atom is 0.185 e. The highest BCUT2D eigenvalue weighted by atomic mass is 19.2. The molecule has 0 atom stereocenters. The number of hydrogen-bond donors (Lipinski definition) is 2. The van der Waals surface area contributed by atoms with Crippen molar-refractivity contribution in [1.29, 1.82) is 10.5 Å². The lowest BCUT2D eigenvalue weighted by molar-refractivity contribution is 0.270. The summed E-state index contributed by atoms with van der Waals surface area (Å²) in [6, 6.07) is 3.35. The average Bonchev–Trinajstić information content (AvgIpc) is 3.09. The molecule has 0 radical (unpaired) electrons. The van der Waals surface area contributed by atoms with E-state index in [1.54, 1.807) is 12.1 Å². The third-order valence-electron chi connectivity index (χ3n) is 5.03.